The van der Waals surface area contributed by atoms with Gasteiger partial charge in [0.1, 0.15) is 16.4 Å². The summed E-state index contributed by atoms with van der Waals surface area (Å²) in [6.07, 6.45) is 0.474. The summed E-state index contributed by atoms with van der Waals surface area (Å²) >= 11 is 5.97. The molecule has 0 radical (unpaired) electrons. The number of hydrogen-bond acceptors (Lipinski definition) is 6. The van der Waals surface area contributed by atoms with Crippen molar-refractivity contribution >= 4 is 21.7 Å². The smallest absolute Gasteiger partial charge is 0.342 e. The van der Waals surface area contributed by atoms with Crippen molar-refractivity contribution in [2.75, 3.05) is 20.3 Å². The summed E-state index contributed by atoms with van der Waals surface area (Å²) in [6, 6.07) is 9.18. The SMILES string of the molecule is COc1c(Cl)cccc1S(=O)(=O)Oc1cc(C)cc(OCCCO)c1. The molecule has 8 heteroatoms. The van der Waals surface area contributed by atoms with Crippen LogP contribution in [0.4, 0.5) is 0 Å². The van der Waals surface area contributed by atoms with E-state index >= 15 is 0 Å². The van der Waals surface area contributed by atoms with E-state index in [2.05, 4.69) is 0 Å². The lowest BCUT2D eigenvalue weighted by Gasteiger charge is -2.13. The maximum atomic E-state index is 12.6. The van der Waals surface area contributed by atoms with Crippen LogP contribution in [-0.4, -0.2) is 33.8 Å². The molecule has 136 valence electrons. The highest BCUT2D eigenvalue weighted by molar-refractivity contribution is 7.87. The first-order valence-corrected chi connectivity index (χ1v) is 9.28. The second kappa shape index (κ2) is 8.42. The fraction of sp³-hybridized carbons (Fsp3) is 0.294. The topological polar surface area (TPSA) is 82.1 Å². The fourth-order valence-corrected chi connectivity index (χ4v) is 3.57. The minimum Gasteiger partial charge on any atom is -0.494 e. The summed E-state index contributed by atoms with van der Waals surface area (Å²) in [6.45, 7) is 2.12. The number of ether oxygens (including phenoxy) is 2. The minimum absolute atomic E-state index is 0.0120. The summed E-state index contributed by atoms with van der Waals surface area (Å²) in [7, 11) is -2.81. The van der Waals surface area contributed by atoms with E-state index in [1.807, 2.05) is 0 Å². The van der Waals surface area contributed by atoms with Gasteiger partial charge in [-0.1, -0.05) is 17.7 Å². The number of aliphatic hydroxyl groups is 1. The van der Waals surface area contributed by atoms with Crippen molar-refractivity contribution in [2.24, 2.45) is 0 Å². The van der Waals surface area contributed by atoms with Gasteiger partial charge in [-0.2, -0.15) is 8.42 Å². The number of hydrogen-bond donors (Lipinski definition) is 1. The minimum atomic E-state index is -4.14. The average Bonchev–Trinajstić information content (AvgIpc) is 2.54. The second-order valence-electron chi connectivity index (χ2n) is 5.22. The van der Waals surface area contributed by atoms with Gasteiger partial charge in [0.15, 0.2) is 5.75 Å². The van der Waals surface area contributed by atoms with Gasteiger partial charge in [0, 0.05) is 19.1 Å². The maximum Gasteiger partial charge on any atom is 0.342 e. The van der Waals surface area contributed by atoms with Gasteiger partial charge in [0.25, 0.3) is 0 Å². The standard InChI is InChI=1S/C17H19ClO6S/c1-12-9-13(23-8-4-7-19)11-14(10-12)24-25(20,21)16-6-3-5-15(18)17(16)22-2/h3,5-6,9-11,19H,4,7-8H2,1-2H3. The Hall–Kier alpha value is -1.96. The Labute approximate surface area is 152 Å². The second-order valence-corrected chi connectivity index (χ2v) is 7.14. The van der Waals surface area contributed by atoms with E-state index in [1.165, 1.54) is 31.4 Å². The van der Waals surface area contributed by atoms with Crippen LogP contribution in [0.1, 0.15) is 12.0 Å². The molecule has 0 bridgehead atoms. The van der Waals surface area contributed by atoms with E-state index in [9.17, 15) is 8.42 Å². The molecule has 2 rings (SSSR count). The first kappa shape index (κ1) is 19.4. The van der Waals surface area contributed by atoms with Crippen molar-refractivity contribution in [1.29, 1.82) is 0 Å². The lowest BCUT2D eigenvalue weighted by molar-refractivity contribution is 0.233. The molecule has 0 amide bonds. The summed E-state index contributed by atoms with van der Waals surface area (Å²) in [4.78, 5) is -0.160. The van der Waals surface area contributed by atoms with Crippen molar-refractivity contribution < 1.29 is 27.2 Å². The molecule has 2 aromatic carbocycles. The number of aryl methyl sites for hydroxylation is 1. The van der Waals surface area contributed by atoms with E-state index in [4.69, 9.17) is 30.4 Å². The molecule has 0 aliphatic heterocycles. The Morgan fingerprint density at radius 2 is 1.88 bits per heavy atom. The molecule has 0 aromatic heterocycles. The molecule has 0 heterocycles. The van der Waals surface area contributed by atoms with Crippen LogP contribution < -0.4 is 13.7 Å². The van der Waals surface area contributed by atoms with Crippen molar-refractivity contribution in [3.63, 3.8) is 0 Å². The molecule has 1 N–H and O–H groups in total. The van der Waals surface area contributed by atoms with Gasteiger partial charge in [-0.25, -0.2) is 0 Å². The zero-order valence-corrected chi connectivity index (χ0v) is 15.4. The Kier molecular flexibility index (Phi) is 6.52. The van der Waals surface area contributed by atoms with Crippen LogP contribution in [0.25, 0.3) is 0 Å². The average molecular weight is 387 g/mol. The van der Waals surface area contributed by atoms with E-state index in [1.54, 1.807) is 19.1 Å². The molecule has 0 saturated heterocycles. The normalized spacial score (nSPS) is 11.2. The van der Waals surface area contributed by atoms with E-state index in [0.717, 1.165) is 5.56 Å². The van der Waals surface area contributed by atoms with E-state index in [-0.39, 0.29) is 28.0 Å². The zero-order chi connectivity index (χ0) is 18.4. The number of para-hydroxylation sites is 1. The molecule has 0 fully saturated rings. The molecule has 0 aliphatic carbocycles. The first-order chi connectivity index (χ1) is 11.9. The van der Waals surface area contributed by atoms with Crippen LogP contribution in [0.2, 0.25) is 5.02 Å². The van der Waals surface area contributed by atoms with E-state index in [0.29, 0.717) is 18.8 Å². The van der Waals surface area contributed by atoms with Gasteiger partial charge in [-0.05, 0) is 36.8 Å². The molecule has 0 saturated carbocycles. The summed E-state index contributed by atoms with van der Waals surface area (Å²) < 4.78 is 40.9. The van der Waals surface area contributed by atoms with Gasteiger partial charge < -0.3 is 18.8 Å². The van der Waals surface area contributed by atoms with Crippen LogP contribution >= 0.6 is 11.6 Å². The Morgan fingerprint density at radius 1 is 1.16 bits per heavy atom. The van der Waals surface area contributed by atoms with Crippen molar-refractivity contribution in [1.82, 2.24) is 0 Å². The highest BCUT2D eigenvalue weighted by Crippen LogP contribution is 2.34. The zero-order valence-electron chi connectivity index (χ0n) is 13.9. The number of rotatable bonds is 8. The summed E-state index contributed by atoms with van der Waals surface area (Å²) in [5.41, 5.74) is 0.768. The van der Waals surface area contributed by atoms with Gasteiger partial charge in [0.05, 0.1) is 18.7 Å². The summed E-state index contributed by atoms with van der Waals surface area (Å²) in [5.74, 6) is 0.592. The predicted octanol–water partition coefficient (Wildman–Crippen LogP) is 3.19. The monoisotopic (exact) mass is 386 g/mol. The predicted molar refractivity (Wildman–Crippen MR) is 94.2 cm³/mol. The molecule has 0 aliphatic rings. The van der Waals surface area contributed by atoms with Crippen molar-refractivity contribution in [3.8, 4) is 17.2 Å². The van der Waals surface area contributed by atoms with Crippen LogP contribution in [0, 0.1) is 6.92 Å². The lowest BCUT2D eigenvalue weighted by Crippen LogP contribution is -2.11. The van der Waals surface area contributed by atoms with Crippen molar-refractivity contribution in [3.05, 3.63) is 47.0 Å². The first-order valence-electron chi connectivity index (χ1n) is 7.49. The highest BCUT2D eigenvalue weighted by atomic mass is 35.5. The van der Waals surface area contributed by atoms with Gasteiger partial charge in [0.2, 0.25) is 0 Å². The molecule has 0 unspecified atom stereocenters. The van der Waals surface area contributed by atoms with Crippen LogP contribution in [0.3, 0.4) is 0 Å². The van der Waals surface area contributed by atoms with Gasteiger partial charge >= 0.3 is 10.1 Å². The third-order valence-corrected chi connectivity index (χ3v) is 4.78. The number of aliphatic hydroxyl groups excluding tert-OH is 1. The molecule has 2 aromatic rings. The summed E-state index contributed by atoms with van der Waals surface area (Å²) in [5, 5.41) is 8.97. The lowest BCUT2D eigenvalue weighted by atomic mass is 10.2. The quantitative estimate of drug-likeness (QED) is 0.554. The number of methoxy groups -OCH3 is 1. The third kappa shape index (κ3) is 5.01. The molecule has 0 spiro atoms. The van der Waals surface area contributed by atoms with Gasteiger partial charge in [-0.3, -0.25) is 0 Å². The Bertz CT molecular complexity index is 835. The van der Waals surface area contributed by atoms with Gasteiger partial charge in [-0.15, -0.1) is 0 Å². The fourth-order valence-electron chi connectivity index (χ4n) is 2.16. The molecule has 0 atom stereocenters. The molecule has 25 heavy (non-hydrogen) atoms. The van der Waals surface area contributed by atoms with Crippen molar-refractivity contribution in [2.45, 2.75) is 18.2 Å². The Morgan fingerprint density at radius 3 is 2.56 bits per heavy atom. The van der Waals surface area contributed by atoms with Crippen LogP contribution in [0.5, 0.6) is 17.2 Å². The molecular weight excluding hydrogens is 368 g/mol. The number of halogens is 1. The Balaban J connectivity index is 2.30. The molecular formula is C17H19ClO6S. The third-order valence-electron chi connectivity index (χ3n) is 3.21. The van der Waals surface area contributed by atoms with Crippen LogP contribution in [-0.2, 0) is 10.1 Å². The number of benzene rings is 2. The van der Waals surface area contributed by atoms with E-state index < -0.39 is 10.1 Å². The van der Waals surface area contributed by atoms with Crippen LogP contribution in [0.15, 0.2) is 41.3 Å². The maximum absolute atomic E-state index is 12.6. The molecule has 6 nitrogen and oxygen atoms in total. The largest absolute Gasteiger partial charge is 0.494 e. The highest BCUT2D eigenvalue weighted by Gasteiger charge is 2.24.